The van der Waals surface area contributed by atoms with Gasteiger partial charge in [-0.25, -0.2) is 19.5 Å². The van der Waals surface area contributed by atoms with E-state index >= 15 is 0 Å². The molecule has 4 atom stereocenters. The number of ether oxygens (including phenoxy) is 3. The van der Waals surface area contributed by atoms with Crippen LogP contribution >= 0.6 is 28.1 Å². The quantitative estimate of drug-likeness (QED) is 0.0258. The van der Waals surface area contributed by atoms with Crippen LogP contribution in [-0.4, -0.2) is 136 Å². The number of aryl methyl sites for hydroxylation is 8. The van der Waals surface area contributed by atoms with E-state index in [1.54, 1.807) is 63.8 Å². The largest absolute Gasteiger partial charge is 0.508 e. The Morgan fingerprint density at radius 3 is 0.969 bits per heavy atom. The molecule has 0 bridgehead atoms. The van der Waals surface area contributed by atoms with Crippen LogP contribution in [0.1, 0.15) is 207 Å². The van der Waals surface area contributed by atoms with Gasteiger partial charge >= 0.3 is 12.1 Å². The molecule has 23 heteroatoms. The molecule has 15 aliphatic rings. The van der Waals surface area contributed by atoms with Crippen molar-refractivity contribution in [1.82, 2.24) is 35.6 Å². The van der Waals surface area contributed by atoms with Crippen molar-refractivity contribution in [2.45, 2.75) is 222 Å². The fourth-order valence-electron chi connectivity index (χ4n) is 23.7. The lowest BCUT2D eigenvalue weighted by Gasteiger charge is -2.42. The third-order valence-corrected chi connectivity index (χ3v) is 31.8. The number of benzene rings is 8. The number of hydrogen-bond acceptors (Lipinski definition) is 15. The van der Waals surface area contributed by atoms with E-state index in [2.05, 4.69) is 176 Å². The van der Waals surface area contributed by atoms with Crippen LogP contribution in [0.2, 0.25) is 0 Å². The zero-order valence-electron chi connectivity index (χ0n) is 75.7. The molecule has 4 unspecified atom stereocenters. The number of phenols is 1. The lowest BCUT2D eigenvalue weighted by molar-refractivity contribution is -0.306. The minimum absolute atomic E-state index is 0.00838. The number of phenolic OH excluding ortho intramolecular Hbond substituents is 1. The van der Waals surface area contributed by atoms with Crippen molar-refractivity contribution in [3.63, 3.8) is 0 Å². The van der Waals surface area contributed by atoms with Gasteiger partial charge in [-0.3, -0.25) is 44.0 Å². The Balaban J connectivity index is 0.000000112. The molecule has 3 saturated heterocycles. The summed E-state index contributed by atoms with van der Waals surface area (Å²) in [6, 6.07) is 57.9. The first-order chi connectivity index (χ1) is 62.0. The van der Waals surface area contributed by atoms with Gasteiger partial charge in [0.1, 0.15) is 23.0 Å². The molecule has 8 spiro atoms. The first kappa shape index (κ1) is 89.1. The SMILES string of the molecule is CC(C)(C)OO.CCBr.CN1C(=O)C2(N=C1N)c1cc(OCC3CC3)ccc1CC21CCc2ccccc2CC1.CN1C(=O)C2(NC1=S)c1cc(OCC3CC3)ccc1CC21CCc2ccccc2CC1.CN1C(=O)NC2(C1=O)c1cc(O)ccc1CC21CCc2ccccc2CC1.CN1C(=O)NC2(C1=O)c1cc(OCC3CC3)ccc1CC21CCc2ccccc2CC1. The number of carbonyl (C=O) groups excluding carboxylic acids is 6. The molecule has 0 radical (unpaired) electrons. The topological polar surface area (TPSA) is 267 Å². The minimum Gasteiger partial charge on any atom is -0.508 e. The molecule has 676 valence electrons. The van der Waals surface area contributed by atoms with Gasteiger partial charge in [0.2, 0.25) is 0 Å². The van der Waals surface area contributed by atoms with Crippen molar-refractivity contribution in [1.29, 1.82) is 0 Å². The standard InChI is InChI=1S/C26H29N3O2.C26H28N2O3.C26H28N2O2S.C22H22N2O3.C4H10O2.C2H5Br/c1-29-23(30)26(28-24(29)27)22-14-21(31-16-17-6-7-17)9-8-20(22)15-25(26)12-10-18-4-2-3-5-19(18)11-13-25;1-28-23(29)26(27-24(28)30)22-14-21(31-16-17-6-7-17)9-8-20(22)15-25(26)12-10-18-4-2-3-5-19(18)11-13-25;1-28-23(29)26(27-24(28)31)22-14-21(30-16-17-6-7-17)9-8-20(22)15-25(26)12-10-18-4-2-3-5-19(18)11-13-25;1-24-19(26)22(23-20(24)27)18-12-17(25)7-6-16(18)13-21(22)10-8-14-4-2-3-5-15(14)9-11-21;1-4(2,3)6-5;1-2-3/h2-5,8-9,14,17H,6-7,10-13,15-16H2,1H3,(H2,27,28);2-5,8-9,14,17H,6-7,10-13,15-16H2,1H3,(H,27,30);2-5,8-9,14,17H,6-7,10-13,15-16H2,1H3,(H,27,31);2-7,12,25H,8-11,13H2,1H3,(H,23,27);5H,1-3H3;2H2,1H3. The number of aromatic hydroxyl groups is 1. The fourth-order valence-corrected chi connectivity index (χ4v) is 23.9. The summed E-state index contributed by atoms with van der Waals surface area (Å²) < 4.78 is 18.3. The number of guanidine groups is 1. The minimum atomic E-state index is -1.09. The lowest BCUT2D eigenvalue weighted by Crippen LogP contribution is -2.55. The number of nitrogens with zero attached hydrogens (tertiary/aromatic N) is 5. The van der Waals surface area contributed by atoms with Gasteiger partial charge in [-0.05, 0) is 355 Å². The van der Waals surface area contributed by atoms with E-state index in [1.165, 1.54) is 111 Å². The van der Waals surface area contributed by atoms with Crippen LogP contribution < -0.4 is 35.9 Å². The molecule has 129 heavy (non-hydrogen) atoms. The summed E-state index contributed by atoms with van der Waals surface area (Å²) in [7, 11) is 6.68. The van der Waals surface area contributed by atoms with Crippen molar-refractivity contribution in [3.8, 4) is 23.0 Å². The molecule has 6 fully saturated rings. The maximum absolute atomic E-state index is 13.9. The number of alkyl halides is 1. The van der Waals surface area contributed by atoms with Crippen molar-refractivity contribution in [2.75, 3.05) is 53.3 Å². The zero-order chi connectivity index (χ0) is 90.4. The number of nitrogens with two attached hydrogens (primary N) is 1. The van der Waals surface area contributed by atoms with Gasteiger partial charge in [-0.1, -0.05) is 144 Å². The molecule has 23 rings (SSSR count). The number of urea groups is 2. The molecule has 21 nitrogen and oxygen atoms in total. The number of imide groups is 2. The average molecular weight is 1830 g/mol. The van der Waals surface area contributed by atoms with Crippen LogP contribution in [0, 0.1) is 39.4 Å². The Bertz CT molecular complexity index is 5520. The third-order valence-electron chi connectivity index (χ3n) is 31.4. The molecule has 4 aliphatic heterocycles. The second-order valence-electron chi connectivity index (χ2n) is 40.1. The normalized spacial score (nSPS) is 24.8. The average Bonchev–Trinajstić information content (AvgIpc) is 1.54. The van der Waals surface area contributed by atoms with E-state index in [1.807, 2.05) is 25.1 Å². The molecule has 3 saturated carbocycles. The van der Waals surface area contributed by atoms with Crippen LogP contribution in [0.25, 0.3) is 0 Å². The number of likely N-dealkylation sites (N-methyl/N-ethyl adjacent to an activating group) is 4. The van der Waals surface area contributed by atoms with Gasteiger partial charge in [0.15, 0.2) is 33.2 Å². The highest BCUT2D eigenvalue weighted by Crippen LogP contribution is 2.65. The first-order valence-corrected chi connectivity index (χ1v) is 48.3. The molecule has 11 aliphatic carbocycles. The van der Waals surface area contributed by atoms with E-state index in [9.17, 15) is 33.9 Å². The van der Waals surface area contributed by atoms with Crippen molar-refractivity contribution < 1.29 is 58.2 Å². The first-order valence-electron chi connectivity index (χ1n) is 46.7. The maximum atomic E-state index is 13.9. The lowest BCUT2D eigenvalue weighted by atomic mass is 9.65. The smallest absolute Gasteiger partial charge is 0.325 e. The summed E-state index contributed by atoms with van der Waals surface area (Å²) in [5.41, 5.74) is 20.3. The number of carbonyl (C=O) groups is 6. The van der Waals surface area contributed by atoms with Crippen molar-refractivity contribution in [2.24, 2.45) is 50.1 Å². The fraction of sp³-hybridized carbons (Fsp3) is 0.472. The maximum Gasteiger partial charge on any atom is 0.325 e. The second kappa shape index (κ2) is 34.7. The predicted molar refractivity (Wildman–Crippen MR) is 504 cm³/mol. The Hall–Kier alpha value is -10.5. The number of aliphatic imine (C=N–C) groups is 1. The predicted octanol–water partition coefficient (Wildman–Crippen LogP) is 17.3. The molecular formula is C106H122BrN9O12S. The van der Waals surface area contributed by atoms with E-state index in [4.69, 9.17) is 42.4 Å². The molecule has 7 N–H and O–H groups in total. The van der Waals surface area contributed by atoms with Gasteiger partial charge in [0.25, 0.3) is 23.6 Å². The van der Waals surface area contributed by atoms with Crippen LogP contribution in [0.15, 0.2) is 175 Å². The number of amides is 8. The van der Waals surface area contributed by atoms with Gasteiger partial charge in [-0.2, -0.15) is 0 Å². The highest BCUT2D eigenvalue weighted by molar-refractivity contribution is 9.09. The molecule has 8 aromatic carbocycles. The number of hydrogen-bond donors (Lipinski definition) is 6. The highest BCUT2D eigenvalue weighted by Gasteiger charge is 2.71. The monoisotopic (exact) mass is 1820 g/mol. The Kier molecular flexibility index (Phi) is 24.0. The molecule has 8 aromatic rings. The van der Waals surface area contributed by atoms with Gasteiger partial charge in [0.05, 0.1) is 25.4 Å². The van der Waals surface area contributed by atoms with Crippen LogP contribution in [0.5, 0.6) is 23.0 Å². The van der Waals surface area contributed by atoms with Crippen LogP contribution in [0.4, 0.5) is 9.59 Å². The Morgan fingerprint density at radius 2 is 0.690 bits per heavy atom. The summed E-state index contributed by atoms with van der Waals surface area (Å²) in [5.74, 6) is 4.76. The zero-order valence-corrected chi connectivity index (χ0v) is 78.1. The van der Waals surface area contributed by atoms with Gasteiger partial charge in [-0.15, -0.1) is 0 Å². The highest BCUT2D eigenvalue weighted by atomic mass is 79.9. The summed E-state index contributed by atoms with van der Waals surface area (Å²) >= 11 is 8.75. The van der Waals surface area contributed by atoms with Crippen molar-refractivity contribution >= 4 is 74.9 Å². The second-order valence-corrected chi connectivity index (χ2v) is 41.6. The van der Waals surface area contributed by atoms with E-state index in [-0.39, 0.29) is 63.1 Å². The number of thiocarbonyl (C=S) groups is 1. The Morgan fingerprint density at radius 1 is 0.411 bits per heavy atom. The molecular weight excluding hydrogens is 1700 g/mol. The number of fused-ring (bicyclic) bond motifs is 16. The summed E-state index contributed by atoms with van der Waals surface area (Å²) in [6.07, 6.45) is 25.4. The molecule has 0 aromatic heterocycles. The van der Waals surface area contributed by atoms with Gasteiger partial charge < -0.3 is 41.0 Å². The van der Waals surface area contributed by atoms with Crippen molar-refractivity contribution in [3.05, 3.63) is 259 Å². The summed E-state index contributed by atoms with van der Waals surface area (Å²) in [6.45, 7) is 9.61. The molecule has 8 amide bonds. The number of rotatable bonds is 9. The number of nitrogens with one attached hydrogen (secondary N) is 3. The van der Waals surface area contributed by atoms with E-state index in [0.29, 0.717) is 28.8 Å². The summed E-state index contributed by atoms with van der Waals surface area (Å²) in [5, 5.41) is 29.4. The number of halogens is 1. The van der Waals surface area contributed by atoms with Crippen LogP contribution in [-0.2, 0) is 123 Å². The molecule has 4 heterocycles. The van der Waals surface area contributed by atoms with E-state index < -0.39 is 27.8 Å². The third kappa shape index (κ3) is 15.7. The Labute approximate surface area is 771 Å². The van der Waals surface area contributed by atoms with E-state index in [0.717, 1.165) is 204 Å². The summed E-state index contributed by atoms with van der Waals surface area (Å²) in [4.78, 5) is 94.7. The van der Waals surface area contributed by atoms with Gasteiger partial charge in [0, 0.05) is 55.2 Å². The van der Waals surface area contributed by atoms with Crippen LogP contribution in [0.3, 0.4) is 0 Å².